The van der Waals surface area contributed by atoms with Crippen molar-refractivity contribution in [2.45, 2.75) is 25.8 Å². The van der Waals surface area contributed by atoms with Crippen molar-refractivity contribution < 1.29 is 14.7 Å². The van der Waals surface area contributed by atoms with Crippen molar-refractivity contribution in [2.24, 2.45) is 17.8 Å². The first-order chi connectivity index (χ1) is 10.1. The minimum absolute atomic E-state index is 0.0204. The van der Waals surface area contributed by atoms with Crippen LogP contribution in [0.3, 0.4) is 0 Å². The van der Waals surface area contributed by atoms with E-state index in [0.717, 1.165) is 22.9 Å². The summed E-state index contributed by atoms with van der Waals surface area (Å²) in [6, 6.07) is 7.66. The van der Waals surface area contributed by atoms with Gasteiger partial charge < -0.3 is 10.0 Å². The van der Waals surface area contributed by atoms with E-state index in [1.165, 1.54) is 11.3 Å². The van der Waals surface area contributed by atoms with Crippen LogP contribution in [0.5, 0.6) is 0 Å². The van der Waals surface area contributed by atoms with Crippen LogP contribution in [0.25, 0.3) is 0 Å². The van der Waals surface area contributed by atoms with Crippen molar-refractivity contribution >= 4 is 27.8 Å². The van der Waals surface area contributed by atoms with E-state index in [9.17, 15) is 9.59 Å². The minimum atomic E-state index is -0.954. The molecule has 1 aromatic rings. The number of halogens is 1. The highest BCUT2D eigenvalue weighted by atomic mass is 79.9. The van der Waals surface area contributed by atoms with Crippen LogP contribution >= 0.6 is 15.9 Å². The third kappa shape index (κ3) is 3.12. The fraction of sp³-hybridized carbons (Fsp3) is 0.500. The van der Waals surface area contributed by atoms with Gasteiger partial charge in [0.2, 0.25) is 5.91 Å². The number of nitrogens with zero attached hydrogens (tertiary/aromatic N) is 1. The second-order valence-electron chi connectivity index (χ2n) is 6.00. The fourth-order valence-electron chi connectivity index (χ4n) is 3.63. The number of carbonyl (C=O) groups excluding carboxylic acids is 1. The van der Waals surface area contributed by atoms with Crippen molar-refractivity contribution in [3.05, 3.63) is 34.3 Å². The standard InChI is InChI=1S/C16H18BrNO3/c17-11-4-1-3-10(7-11)8-18(9-14(19)20)16(21)15-12-5-2-6-13(12)15/h1,3-4,7,12-13,15H,2,5-6,8-9H2,(H,19,20). The summed E-state index contributed by atoms with van der Waals surface area (Å²) in [5.41, 5.74) is 0.949. The summed E-state index contributed by atoms with van der Waals surface area (Å²) in [6.45, 7) is 0.141. The molecule has 0 bridgehead atoms. The maximum atomic E-state index is 12.6. The Morgan fingerprint density at radius 1 is 1.29 bits per heavy atom. The normalized spacial score (nSPS) is 26.2. The van der Waals surface area contributed by atoms with Crippen LogP contribution in [0.4, 0.5) is 0 Å². The number of aliphatic carboxylic acids is 1. The zero-order valence-corrected chi connectivity index (χ0v) is 13.3. The summed E-state index contributed by atoms with van der Waals surface area (Å²) in [5.74, 6) is 0.161. The first-order valence-corrected chi connectivity index (χ1v) is 8.10. The van der Waals surface area contributed by atoms with Crippen LogP contribution in [0.2, 0.25) is 0 Å². The summed E-state index contributed by atoms with van der Waals surface area (Å²) in [5, 5.41) is 9.07. The van der Waals surface area contributed by atoms with Crippen molar-refractivity contribution in [1.82, 2.24) is 4.90 Å². The predicted octanol–water partition coefficient (Wildman–Crippen LogP) is 2.91. The van der Waals surface area contributed by atoms with E-state index in [1.54, 1.807) is 0 Å². The van der Waals surface area contributed by atoms with E-state index >= 15 is 0 Å². The van der Waals surface area contributed by atoms with Crippen molar-refractivity contribution in [3.8, 4) is 0 Å². The van der Waals surface area contributed by atoms with Crippen molar-refractivity contribution in [1.29, 1.82) is 0 Å². The number of carbonyl (C=O) groups is 2. The molecule has 0 heterocycles. The second-order valence-corrected chi connectivity index (χ2v) is 6.92. The quantitative estimate of drug-likeness (QED) is 0.887. The number of carboxylic acids is 1. The maximum Gasteiger partial charge on any atom is 0.323 e. The largest absolute Gasteiger partial charge is 0.480 e. The van der Waals surface area contributed by atoms with Crippen LogP contribution in [0.15, 0.2) is 28.7 Å². The van der Waals surface area contributed by atoms with E-state index < -0.39 is 5.97 Å². The molecule has 2 fully saturated rings. The molecule has 2 saturated carbocycles. The van der Waals surface area contributed by atoms with Gasteiger partial charge >= 0.3 is 5.97 Å². The molecule has 2 unspecified atom stereocenters. The average molecular weight is 352 g/mol. The van der Waals surface area contributed by atoms with Gasteiger partial charge in [0.25, 0.3) is 0 Å². The first kappa shape index (κ1) is 14.6. The van der Waals surface area contributed by atoms with E-state index in [2.05, 4.69) is 15.9 Å². The third-order valence-electron chi connectivity index (χ3n) is 4.59. The van der Waals surface area contributed by atoms with Gasteiger partial charge in [-0.15, -0.1) is 0 Å². The Balaban J connectivity index is 1.71. The molecule has 0 aliphatic heterocycles. The van der Waals surface area contributed by atoms with Gasteiger partial charge in [-0.3, -0.25) is 9.59 Å². The SMILES string of the molecule is O=C(O)CN(Cc1cccc(Br)c1)C(=O)C1C2CCCC21. The number of rotatable bonds is 5. The minimum Gasteiger partial charge on any atom is -0.480 e. The lowest BCUT2D eigenvalue weighted by molar-refractivity contribution is -0.145. The number of fused-ring (bicyclic) bond motifs is 1. The number of hydrogen-bond donors (Lipinski definition) is 1. The molecular formula is C16H18BrNO3. The molecule has 0 radical (unpaired) electrons. The monoisotopic (exact) mass is 351 g/mol. The Hall–Kier alpha value is -1.36. The Bertz CT molecular complexity index is 564. The zero-order valence-electron chi connectivity index (χ0n) is 11.7. The molecule has 3 rings (SSSR count). The van der Waals surface area contributed by atoms with Crippen LogP contribution in [-0.4, -0.2) is 28.4 Å². The molecular weight excluding hydrogens is 334 g/mol. The highest BCUT2D eigenvalue weighted by Gasteiger charge is 2.57. The molecule has 4 nitrogen and oxygen atoms in total. The second kappa shape index (κ2) is 5.79. The van der Waals surface area contributed by atoms with Crippen LogP contribution in [-0.2, 0) is 16.1 Å². The molecule has 2 atom stereocenters. The molecule has 112 valence electrons. The third-order valence-corrected chi connectivity index (χ3v) is 5.09. The Labute approximate surface area is 132 Å². The van der Waals surface area contributed by atoms with E-state index in [-0.39, 0.29) is 18.4 Å². The van der Waals surface area contributed by atoms with Gasteiger partial charge in [0, 0.05) is 16.9 Å². The predicted molar refractivity (Wildman–Crippen MR) is 81.5 cm³/mol. The summed E-state index contributed by atoms with van der Waals surface area (Å²) < 4.78 is 0.936. The van der Waals surface area contributed by atoms with Gasteiger partial charge in [0.1, 0.15) is 6.54 Å². The highest BCUT2D eigenvalue weighted by Crippen LogP contribution is 2.58. The zero-order chi connectivity index (χ0) is 15.0. The van der Waals surface area contributed by atoms with E-state index in [4.69, 9.17) is 5.11 Å². The molecule has 0 saturated heterocycles. The fourth-order valence-corrected chi connectivity index (χ4v) is 4.08. The summed E-state index contributed by atoms with van der Waals surface area (Å²) in [4.78, 5) is 25.1. The summed E-state index contributed by atoms with van der Waals surface area (Å²) in [7, 11) is 0. The molecule has 5 heteroatoms. The molecule has 1 N–H and O–H groups in total. The summed E-state index contributed by atoms with van der Waals surface area (Å²) >= 11 is 3.40. The van der Waals surface area contributed by atoms with Crippen molar-refractivity contribution in [3.63, 3.8) is 0 Å². The number of carboxylic acid groups (broad SMARTS) is 1. The average Bonchev–Trinajstić information content (AvgIpc) is 2.89. The molecule has 2 aliphatic carbocycles. The smallest absolute Gasteiger partial charge is 0.323 e. The molecule has 0 spiro atoms. The number of amides is 1. The molecule has 21 heavy (non-hydrogen) atoms. The molecule has 1 aromatic carbocycles. The van der Waals surface area contributed by atoms with Gasteiger partial charge in [0.15, 0.2) is 0 Å². The van der Waals surface area contributed by atoms with E-state index in [1.807, 2.05) is 24.3 Å². The van der Waals surface area contributed by atoms with Crippen LogP contribution in [0, 0.1) is 17.8 Å². The number of hydrogen-bond acceptors (Lipinski definition) is 2. The lowest BCUT2D eigenvalue weighted by Gasteiger charge is -2.22. The molecule has 0 aromatic heterocycles. The summed E-state index contributed by atoms with van der Waals surface area (Å²) in [6.07, 6.45) is 3.46. The molecule has 2 aliphatic rings. The topological polar surface area (TPSA) is 57.6 Å². The van der Waals surface area contributed by atoms with Gasteiger partial charge in [0.05, 0.1) is 0 Å². The Kier molecular flexibility index (Phi) is 4.02. The molecule has 1 amide bonds. The lowest BCUT2D eigenvalue weighted by Crippen LogP contribution is -2.37. The maximum absolute atomic E-state index is 12.6. The Morgan fingerprint density at radius 2 is 2.00 bits per heavy atom. The van der Waals surface area contributed by atoms with Gasteiger partial charge in [-0.1, -0.05) is 34.5 Å². The van der Waals surface area contributed by atoms with Crippen molar-refractivity contribution in [2.75, 3.05) is 6.54 Å². The van der Waals surface area contributed by atoms with E-state index in [0.29, 0.717) is 18.4 Å². The van der Waals surface area contributed by atoms with Gasteiger partial charge in [-0.05, 0) is 42.4 Å². The van der Waals surface area contributed by atoms with Gasteiger partial charge in [-0.25, -0.2) is 0 Å². The van der Waals surface area contributed by atoms with Gasteiger partial charge in [-0.2, -0.15) is 0 Å². The first-order valence-electron chi connectivity index (χ1n) is 7.31. The highest BCUT2D eigenvalue weighted by molar-refractivity contribution is 9.10. The lowest BCUT2D eigenvalue weighted by atomic mass is 10.1. The van der Waals surface area contributed by atoms with Crippen LogP contribution < -0.4 is 0 Å². The Morgan fingerprint density at radius 3 is 2.62 bits per heavy atom. The van der Waals surface area contributed by atoms with Crippen LogP contribution in [0.1, 0.15) is 24.8 Å². The number of benzene rings is 1.